The highest BCUT2D eigenvalue weighted by atomic mass is 32.2. The molecule has 0 aliphatic carbocycles. The van der Waals surface area contributed by atoms with Crippen molar-refractivity contribution in [1.82, 2.24) is 14.9 Å². The summed E-state index contributed by atoms with van der Waals surface area (Å²) in [6.07, 6.45) is 1.15. The van der Waals surface area contributed by atoms with Crippen LogP contribution in [-0.2, 0) is 21.8 Å². The number of carboxylic acid groups (broad SMARTS) is 1. The van der Waals surface area contributed by atoms with Gasteiger partial charge in [-0.2, -0.15) is 4.98 Å². The number of carbonyl (C=O) groups is 2. The van der Waals surface area contributed by atoms with E-state index < -0.39 is 27.4 Å². The lowest BCUT2D eigenvalue weighted by atomic mass is 9.84. The third-order valence-corrected chi connectivity index (χ3v) is 5.42. The van der Waals surface area contributed by atoms with Crippen LogP contribution < -0.4 is 10.2 Å². The lowest BCUT2D eigenvalue weighted by Gasteiger charge is -2.37. The van der Waals surface area contributed by atoms with E-state index in [0.29, 0.717) is 22.5 Å². The molecule has 1 aliphatic rings. The molecule has 0 saturated heterocycles. The van der Waals surface area contributed by atoms with Crippen LogP contribution in [0.25, 0.3) is 0 Å². The average molecular weight is 433 g/mol. The highest BCUT2D eigenvalue weighted by molar-refractivity contribution is 7.90. The standard InChI is InChI=1S/C19H23N5O5S/c1-19(2,3)14-12(21-17(25)26)7-6-8-13(14)24-15-11(10-23(4)18(24)27)9-20-16(22-15)30(5,28)29/h6-9,21H,10H2,1-5H3,(H,25,26). The molecule has 0 atom stereocenters. The molecule has 2 heterocycles. The molecule has 2 aromatic rings. The maximum Gasteiger partial charge on any atom is 0.409 e. The van der Waals surface area contributed by atoms with E-state index in [1.165, 1.54) is 16.0 Å². The van der Waals surface area contributed by atoms with Crippen molar-refractivity contribution in [2.75, 3.05) is 23.5 Å². The molecule has 2 N–H and O–H groups in total. The van der Waals surface area contributed by atoms with Gasteiger partial charge in [-0.1, -0.05) is 26.8 Å². The molecular weight excluding hydrogens is 410 g/mol. The molecule has 1 aromatic heterocycles. The lowest BCUT2D eigenvalue weighted by Crippen LogP contribution is -2.44. The molecule has 0 saturated carbocycles. The minimum Gasteiger partial charge on any atom is -0.465 e. The number of benzene rings is 1. The van der Waals surface area contributed by atoms with Gasteiger partial charge in [-0.05, 0) is 17.5 Å². The molecule has 0 spiro atoms. The molecule has 10 nitrogen and oxygen atoms in total. The number of amides is 3. The van der Waals surface area contributed by atoms with Gasteiger partial charge >= 0.3 is 12.1 Å². The largest absolute Gasteiger partial charge is 0.465 e. The van der Waals surface area contributed by atoms with E-state index in [1.54, 1.807) is 25.2 Å². The molecule has 3 rings (SSSR count). The number of fused-ring (bicyclic) bond motifs is 1. The van der Waals surface area contributed by atoms with Crippen molar-refractivity contribution >= 4 is 39.2 Å². The number of urea groups is 1. The first-order valence-electron chi connectivity index (χ1n) is 9.05. The first-order chi connectivity index (χ1) is 13.8. The molecular formula is C19H23N5O5S. The molecule has 1 aromatic carbocycles. The number of rotatable bonds is 3. The molecule has 160 valence electrons. The van der Waals surface area contributed by atoms with Gasteiger partial charge in [0.15, 0.2) is 5.82 Å². The number of anilines is 3. The Labute approximate surface area is 174 Å². The Morgan fingerprint density at radius 1 is 1.27 bits per heavy atom. The number of nitrogens with zero attached hydrogens (tertiary/aromatic N) is 4. The summed E-state index contributed by atoms with van der Waals surface area (Å²) in [5.74, 6) is 0.159. The molecule has 0 bridgehead atoms. The second-order valence-electron chi connectivity index (χ2n) is 8.13. The van der Waals surface area contributed by atoms with Crippen LogP contribution in [-0.4, -0.2) is 53.8 Å². The topological polar surface area (TPSA) is 133 Å². The summed E-state index contributed by atoms with van der Waals surface area (Å²) >= 11 is 0. The van der Waals surface area contributed by atoms with Crippen molar-refractivity contribution in [2.24, 2.45) is 0 Å². The maximum atomic E-state index is 13.2. The predicted octanol–water partition coefficient (Wildman–Crippen LogP) is 2.97. The first kappa shape index (κ1) is 21.5. The molecule has 11 heteroatoms. The van der Waals surface area contributed by atoms with Crippen LogP contribution in [0.1, 0.15) is 31.9 Å². The molecule has 0 radical (unpaired) electrons. The van der Waals surface area contributed by atoms with Crippen LogP contribution in [0, 0.1) is 0 Å². The lowest BCUT2D eigenvalue weighted by molar-refractivity contribution is 0.209. The third-order valence-electron chi connectivity index (χ3n) is 4.56. The Bertz CT molecular complexity index is 1140. The summed E-state index contributed by atoms with van der Waals surface area (Å²) in [6, 6.07) is 4.49. The second-order valence-corrected chi connectivity index (χ2v) is 10.0. The zero-order chi connectivity index (χ0) is 22.4. The van der Waals surface area contributed by atoms with E-state index in [9.17, 15) is 23.1 Å². The Hall–Kier alpha value is -3.21. The van der Waals surface area contributed by atoms with E-state index >= 15 is 0 Å². The Balaban J connectivity index is 2.33. The van der Waals surface area contributed by atoms with E-state index in [-0.39, 0.29) is 17.5 Å². The fourth-order valence-electron chi connectivity index (χ4n) is 3.40. The van der Waals surface area contributed by atoms with Crippen molar-refractivity contribution in [3.8, 4) is 0 Å². The van der Waals surface area contributed by atoms with E-state index in [2.05, 4.69) is 15.3 Å². The van der Waals surface area contributed by atoms with Crippen molar-refractivity contribution in [1.29, 1.82) is 0 Å². The summed E-state index contributed by atoms with van der Waals surface area (Å²) in [6.45, 7) is 5.88. The molecule has 1 aliphatic heterocycles. The second kappa shape index (κ2) is 7.24. The molecule has 30 heavy (non-hydrogen) atoms. The summed E-state index contributed by atoms with van der Waals surface area (Å²) in [4.78, 5) is 35.4. The van der Waals surface area contributed by atoms with Gasteiger partial charge in [0, 0.05) is 36.3 Å². The minimum atomic E-state index is -3.70. The van der Waals surface area contributed by atoms with Gasteiger partial charge in [-0.15, -0.1) is 0 Å². The highest BCUT2D eigenvalue weighted by Crippen LogP contribution is 2.42. The van der Waals surface area contributed by atoms with Gasteiger partial charge in [0.2, 0.25) is 15.0 Å². The minimum absolute atomic E-state index is 0.159. The first-order valence-corrected chi connectivity index (χ1v) is 10.9. The van der Waals surface area contributed by atoms with Crippen LogP contribution >= 0.6 is 0 Å². The van der Waals surface area contributed by atoms with Gasteiger partial charge in [-0.3, -0.25) is 5.32 Å². The maximum absolute atomic E-state index is 13.2. The number of hydrogen-bond donors (Lipinski definition) is 2. The molecule has 3 amide bonds. The van der Waals surface area contributed by atoms with Gasteiger partial charge in [0.25, 0.3) is 0 Å². The van der Waals surface area contributed by atoms with Crippen LogP contribution in [0.15, 0.2) is 29.6 Å². The summed E-state index contributed by atoms with van der Waals surface area (Å²) in [7, 11) is -2.09. The van der Waals surface area contributed by atoms with Crippen molar-refractivity contribution in [2.45, 2.75) is 37.9 Å². The van der Waals surface area contributed by atoms with E-state index in [4.69, 9.17) is 0 Å². The molecule has 0 fully saturated rings. The number of nitrogens with one attached hydrogen (secondary N) is 1. The smallest absolute Gasteiger partial charge is 0.409 e. The SMILES string of the molecule is CN1Cc2cnc(S(C)(=O)=O)nc2N(c2cccc(NC(=O)O)c2C(C)(C)C)C1=O. The van der Waals surface area contributed by atoms with Crippen LogP contribution in [0.4, 0.5) is 26.8 Å². The zero-order valence-electron chi connectivity index (χ0n) is 17.3. The number of aromatic nitrogens is 2. The predicted molar refractivity (Wildman–Crippen MR) is 111 cm³/mol. The summed E-state index contributed by atoms with van der Waals surface area (Å²) in [5, 5.41) is 11.2. The summed E-state index contributed by atoms with van der Waals surface area (Å²) in [5.41, 5.74) is 1.32. The van der Waals surface area contributed by atoms with Crippen LogP contribution in [0.5, 0.6) is 0 Å². The van der Waals surface area contributed by atoms with Crippen molar-refractivity contribution in [3.63, 3.8) is 0 Å². The van der Waals surface area contributed by atoms with Gasteiger partial charge in [0.05, 0.1) is 12.2 Å². The number of sulfone groups is 1. The highest BCUT2D eigenvalue weighted by Gasteiger charge is 2.36. The van der Waals surface area contributed by atoms with Gasteiger partial charge < -0.3 is 10.0 Å². The van der Waals surface area contributed by atoms with Crippen LogP contribution in [0.3, 0.4) is 0 Å². The van der Waals surface area contributed by atoms with Crippen molar-refractivity contribution < 1.29 is 23.1 Å². The monoisotopic (exact) mass is 433 g/mol. The zero-order valence-corrected chi connectivity index (χ0v) is 18.1. The van der Waals surface area contributed by atoms with E-state index in [0.717, 1.165) is 6.26 Å². The fourth-order valence-corrected chi connectivity index (χ4v) is 3.90. The number of hydrogen-bond acceptors (Lipinski definition) is 6. The van der Waals surface area contributed by atoms with Crippen LogP contribution in [0.2, 0.25) is 0 Å². The van der Waals surface area contributed by atoms with E-state index in [1.807, 2.05) is 20.8 Å². The normalized spacial score (nSPS) is 14.5. The third kappa shape index (κ3) is 3.92. The molecule has 0 unspecified atom stereocenters. The van der Waals surface area contributed by atoms with Crippen molar-refractivity contribution in [3.05, 3.63) is 35.5 Å². The Morgan fingerprint density at radius 2 is 1.93 bits per heavy atom. The Morgan fingerprint density at radius 3 is 2.50 bits per heavy atom. The quantitative estimate of drug-likeness (QED) is 0.711. The van der Waals surface area contributed by atoms with Gasteiger partial charge in [-0.25, -0.2) is 27.9 Å². The Kier molecular flexibility index (Phi) is 5.19. The number of carbonyl (C=O) groups excluding carboxylic acids is 1. The fraction of sp³-hybridized carbons (Fsp3) is 0.368. The van der Waals surface area contributed by atoms with Gasteiger partial charge in [0.1, 0.15) is 0 Å². The summed E-state index contributed by atoms with van der Waals surface area (Å²) < 4.78 is 24.0. The average Bonchev–Trinajstić information content (AvgIpc) is 2.60.